The van der Waals surface area contributed by atoms with Crippen LogP contribution in [0.1, 0.15) is 11.1 Å². The van der Waals surface area contributed by atoms with E-state index in [-0.39, 0.29) is 6.54 Å². The van der Waals surface area contributed by atoms with Crippen molar-refractivity contribution in [2.45, 2.75) is 10.9 Å². The summed E-state index contributed by atoms with van der Waals surface area (Å²) in [4.78, 5) is 12.3. The third-order valence-electron chi connectivity index (χ3n) is 2.79. The fraction of sp³-hybridized carbons (Fsp3) is 0.133. The minimum absolute atomic E-state index is 0.231. The molecule has 2 aromatic rings. The third-order valence-corrected chi connectivity index (χ3v) is 3.82. The molecule has 0 aliphatic rings. The van der Waals surface area contributed by atoms with Gasteiger partial charge >= 0.3 is 0 Å². The molecule has 0 heterocycles. The van der Waals surface area contributed by atoms with Gasteiger partial charge in [0.25, 0.3) is 5.91 Å². The first kappa shape index (κ1) is 15.2. The van der Waals surface area contributed by atoms with E-state index in [1.54, 1.807) is 24.3 Å². The summed E-state index contributed by atoms with van der Waals surface area (Å²) in [7, 11) is 0. The molecule has 0 fully saturated rings. The summed E-state index contributed by atoms with van der Waals surface area (Å²) in [6.07, 6.45) is 0. The number of carbonyl (C=O) groups excluding carboxylic acids is 1. The second-order valence-electron chi connectivity index (χ2n) is 4.25. The summed E-state index contributed by atoms with van der Waals surface area (Å²) in [6.45, 7) is 0.231. The molecular weight excluding hydrogens is 317 g/mol. The predicted molar refractivity (Wildman–Crippen MR) is 82.7 cm³/mol. The van der Waals surface area contributed by atoms with Crippen LogP contribution in [0.5, 0.6) is 0 Å². The Hall–Kier alpha value is -1.22. The van der Waals surface area contributed by atoms with Gasteiger partial charge in [-0.1, -0.05) is 83.9 Å². The van der Waals surface area contributed by atoms with E-state index in [0.29, 0.717) is 5.56 Å². The van der Waals surface area contributed by atoms with E-state index >= 15 is 0 Å². The average Bonchev–Trinajstić information content (AvgIpc) is 2.48. The third kappa shape index (κ3) is 3.45. The molecule has 2 aromatic carbocycles. The van der Waals surface area contributed by atoms with E-state index in [9.17, 15) is 4.79 Å². The maximum atomic E-state index is 12.3. The summed E-state index contributed by atoms with van der Waals surface area (Å²) in [6, 6.07) is 18.1. The Balaban J connectivity index is 2.14. The SMILES string of the molecule is O=C(N(Cl)Cc1ccccc1)C(Cl)(Cl)c1ccccc1. The molecule has 0 unspecified atom stereocenters. The highest BCUT2D eigenvalue weighted by molar-refractivity contribution is 6.58. The average molecular weight is 329 g/mol. The fourth-order valence-corrected chi connectivity index (χ4v) is 2.55. The molecule has 0 atom stereocenters. The summed E-state index contributed by atoms with van der Waals surface area (Å²) in [5.74, 6) is -0.572. The number of alkyl halides is 2. The van der Waals surface area contributed by atoms with E-state index < -0.39 is 10.2 Å². The van der Waals surface area contributed by atoms with Crippen LogP contribution in [-0.2, 0) is 15.7 Å². The largest absolute Gasteiger partial charge is 0.278 e. The van der Waals surface area contributed by atoms with Gasteiger partial charge in [-0.15, -0.1) is 0 Å². The van der Waals surface area contributed by atoms with Crippen molar-refractivity contribution in [3.63, 3.8) is 0 Å². The van der Waals surface area contributed by atoms with Crippen LogP contribution in [0.2, 0.25) is 0 Å². The van der Waals surface area contributed by atoms with Crippen LogP contribution in [0.15, 0.2) is 60.7 Å². The molecule has 0 saturated carbocycles. The van der Waals surface area contributed by atoms with Crippen molar-refractivity contribution in [2.24, 2.45) is 0 Å². The maximum Gasteiger partial charge on any atom is 0.278 e. The lowest BCUT2D eigenvalue weighted by Gasteiger charge is -2.23. The molecule has 2 nitrogen and oxygen atoms in total. The summed E-state index contributed by atoms with van der Waals surface area (Å²) >= 11 is 18.3. The molecule has 0 radical (unpaired) electrons. The van der Waals surface area contributed by atoms with Crippen molar-refractivity contribution in [1.29, 1.82) is 0 Å². The number of amides is 1. The standard InChI is InChI=1S/C15H12Cl3NO/c16-15(17,13-9-5-2-6-10-13)14(20)19(18)11-12-7-3-1-4-8-12/h1-10H,11H2. The summed E-state index contributed by atoms with van der Waals surface area (Å²) < 4.78 is -0.694. The zero-order valence-electron chi connectivity index (χ0n) is 10.5. The lowest BCUT2D eigenvalue weighted by atomic mass is 10.1. The quantitative estimate of drug-likeness (QED) is 0.598. The smallest absolute Gasteiger partial charge is 0.270 e. The highest BCUT2D eigenvalue weighted by atomic mass is 35.5. The van der Waals surface area contributed by atoms with Crippen LogP contribution >= 0.6 is 35.0 Å². The molecule has 0 spiro atoms. The minimum Gasteiger partial charge on any atom is -0.270 e. The van der Waals surface area contributed by atoms with Gasteiger partial charge in [0.05, 0.1) is 6.54 Å². The molecular formula is C15H12Cl3NO. The zero-order chi connectivity index (χ0) is 14.6. The molecule has 0 bridgehead atoms. The zero-order valence-corrected chi connectivity index (χ0v) is 12.7. The second kappa shape index (κ2) is 6.49. The van der Waals surface area contributed by atoms with E-state index in [4.69, 9.17) is 35.0 Å². The van der Waals surface area contributed by atoms with Crippen LogP contribution in [0.4, 0.5) is 0 Å². The van der Waals surface area contributed by atoms with Gasteiger partial charge in [0, 0.05) is 11.8 Å². The molecule has 104 valence electrons. The van der Waals surface area contributed by atoms with Gasteiger partial charge in [-0.2, -0.15) is 0 Å². The summed E-state index contributed by atoms with van der Waals surface area (Å²) in [5, 5.41) is 0. The maximum absolute atomic E-state index is 12.3. The van der Waals surface area contributed by atoms with Crippen molar-refractivity contribution < 1.29 is 4.79 Å². The van der Waals surface area contributed by atoms with Crippen LogP contribution in [0.3, 0.4) is 0 Å². The molecule has 0 aromatic heterocycles. The van der Waals surface area contributed by atoms with Crippen LogP contribution in [-0.4, -0.2) is 10.3 Å². The Morgan fingerprint density at radius 1 is 0.950 bits per heavy atom. The summed E-state index contributed by atoms with van der Waals surface area (Å²) in [5.41, 5.74) is 1.39. The lowest BCUT2D eigenvalue weighted by Crippen LogP contribution is -2.34. The van der Waals surface area contributed by atoms with Crippen molar-refractivity contribution in [3.05, 3.63) is 71.8 Å². The number of rotatable bonds is 4. The molecule has 0 aliphatic carbocycles. The fourth-order valence-electron chi connectivity index (χ4n) is 1.74. The minimum atomic E-state index is -1.70. The van der Waals surface area contributed by atoms with Gasteiger partial charge < -0.3 is 0 Å². The van der Waals surface area contributed by atoms with Crippen LogP contribution in [0, 0.1) is 0 Å². The van der Waals surface area contributed by atoms with Gasteiger partial charge in [-0.3, -0.25) is 4.79 Å². The monoisotopic (exact) mass is 327 g/mol. The van der Waals surface area contributed by atoms with Gasteiger partial charge in [0.15, 0.2) is 0 Å². The van der Waals surface area contributed by atoms with Gasteiger partial charge in [0.2, 0.25) is 4.33 Å². The number of carbonyl (C=O) groups is 1. The molecule has 5 heteroatoms. The molecule has 2 rings (SSSR count). The number of nitrogens with zero attached hydrogens (tertiary/aromatic N) is 1. The predicted octanol–water partition coefficient (Wildman–Crippen LogP) is 4.50. The van der Waals surface area contributed by atoms with E-state index in [1.165, 1.54) is 0 Å². The lowest BCUT2D eigenvalue weighted by molar-refractivity contribution is -0.127. The van der Waals surface area contributed by atoms with Crippen molar-refractivity contribution in [3.8, 4) is 0 Å². The van der Waals surface area contributed by atoms with Crippen molar-refractivity contribution >= 4 is 40.9 Å². The van der Waals surface area contributed by atoms with Gasteiger partial charge in [-0.25, -0.2) is 4.42 Å². The normalized spacial score (nSPS) is 11.2. The first-order chi connectivity index (χ1) is 9.51. The Morgan fingerprint density at radius 3 is 2.00 bits per heavy atom. The Morgan fingerprint density at radius 2 is 1.45 bits per heavy atom. The van der Waals surface area contributed by atoms with E-state index in [1.807, 2.05) is 36.4 Å². The first-order valence-corrected chi connectivity index (χ1v) is 7.06. The number of hydrogen-bond acceptors (Lipinski definition) is 1. The van der Waals surface area contributed by atoms with Crippen LogP contribution < -0.4 is 0 Å². The molecule has 0 N–H and O–H groups in total. The topological polar surface area (TPSA) is 20.3 Å². The molecule has 0 saturated heterocycles. The molecule has 0 aliphatic heterocycles. The first-order valence-electron chi connectivity index (χ1n) is 5.97. The molecule has 20 heavy (non-hydrogen) atoms. The van der Waals surface area contributed by atoms with E-state index in [2.05, 4.69) is 0 Å². The number of halogens is 3. The van der Waals surface area contributed by atoms with Gasteiger partial charge in [0.1, 0.15) is 0 Å². The Kier molecular flexibility index (Phi) is 4.92. The molecule has 1 amide bonds. The van der Waals surface area contributed by atoms with Crippen LogP contribution in [0.25, 0.3) is 0 Å². The second-order valence-corrected chi connectivity index (χ2v) is 5.99. The number of benzene rings is 2. The van der Waals surface area contributed by atoms with E-state index in [0.717, 1.165) is 9.98 Å². The highest BCUT2D eigenvalue weighted by Gasteiger charge is 2.39. The van der Waals surface area contributed by atoms with Crippen molar-refractivity contribution in [1.82, 2.24) is 4.42 Å². The number of hydrogen-bond donors (Lipinski definition) is 0. The van der Waals surface area contributed by atoms with Crippen molar-refractivity contribution in [2.75, 3.05) is 0 Å². The Bertz CT molecular complexity index is 572. The Labute approximate surface area is 133 Å². The van der Waals surface area contributed by atoms with Gasteiger partial charge in [-0.05, 0) is 11.1 Å². The highest BCUT2D eigenvalue weighted by Crippen LogP contribution is 2.36.